The smallest absolute Gasteiger partial charge is 0.274 e. The summed E-state index contributed by atoms with van der Waals surface area (Å²) in [7, 11) is 0. The number of nitrogens with zero attached hydrogens (tertiary/aromatic N) is 3. The molecule has 0 aliphatic rings. The van der Waals surface area contributed by atoms with Crippen LogP contribution < -0.4 is 5.73 Å². The second-order valence-corrected chi connectivity index (χ2v) is 3.93. The first-order chi connectivity index (χ1) is 8.56. The van der Waals surface area contributed by atoms with E-state index in [9.17, 15) is 4.79 Å². The van der Waals surface area contributed by atoms with Crippen molar-refractivity contribution in [1.29, 1.82) is 0 Å². The SMILES string of the molecule is C=CCN(CCO)C(=O)c1c(N)c(C)nn1CC. The molecule has 0 aliphatic carbocycles. The number of carbonyl (C=O) groups excluding carboxylic acids is 1. The van der Waals surface area contributed by atoms with Crippen LogP contribution in [0.15, 0.2) is 12.7 Å². The lowest BCUT2D eigenvalue weighted by Crippen LogP contribution is -2.35. The van der Waals surface area contributed by atoms with Gasteiger partial charge in [0.2, 0.25) is 0 Å². The van der Waals surface area contributed by atoms with Crippen LogP contribution in [0, 0.1) is 6.92 Å². The van der Waals surface area contributed by atoms with Gasteiger partial charge in [-0.15, -0.1) is 6.58 Å². The molecule has 1 rings (SSSR count). The van der Waals surface area contributed by atoms with E-state index >= 15 is 0 Å². The number of nitrogens with two attached hydrogens (primary N) is 1. The Hall–Kier alpha value is -1.82. The van der Waals surface area contributed by atoms with Crippen molar-refractivity contribution in [3.05, 3.63) is 24.0 Å². The molecule has 0 unspecified atom stereocenters. The number of aliphatic hydroxyl groups is 1. The van der Waals surface area contributed by atoms with Crippen LogP contribution in [0.3, 0.4) is 0 Å². The number of aliphatic hydroxyl groups excluding tert-OH is 1. The van der Waals surface area contributed by atoms with E-state index in [2.05, 4.69) is 11.7 Å². The molecule has 0 saturated carbocycles. The highest BCUT2D eigenvalue weighted by atomic mass is 16.3. The number of amides is 1. The Bertz CT molecular complexity index is 440. The summed E-state index contributed by atoms with van der Waals surface area (Å²) in [6.07, 6.45) is 1.61. The predicted molar refractivity (Wildman–Crippen MR) is 70.2 cm³/mol. The number of aromatic nitrogens is 2. The van der Waals surface area contributed by atoms with Crippen LogP contribution >= 0.6 is 0 Å². The maximum atomic E-state index is 12.4. The quantitative estimate of drug-likeness (QED) is 0.718. The standard InChI is InChI=1S/C12H20N4O2/c1-4-6-15(7-8-17)12(18)11-10(13)9(3)14-16(11)5-2/h4,17H,1,5-8,13H2,2-3H3. The summed E-state index contributed by atoms with van der Waals surface area (Å²) in [6, 6.07) is 0. The number of hydrogen-bond donors (Lipinski definition) is 2. The zero-order valence-corrected chi connectivity index (χ0v) is 10.9. The number of rotatable bonds is 6. The van der Waals surface area contributed by atoms with E-state index in [4.69, 9.17) is 10.8 Å². The van der Waals surface area contributed by atoms with Crippen molar-refractivity contribution in [2.24, 2.45) is 0 Å². The molecule has 0 aromatic carbocycles. The fourth-order valence-electron chi connectivity index (χ4n) is 1.75. The van der Waals surface area contributed by atoms with E-state index in [0.717, 1.165) is 0 Å². The largest absolute Gasteiger partial charge is 0.395 e. The average Bonchev–Trinajstić information content (AvgIpc) is 2.64. The summed E-state index contributed by atoms with van der Waals surface area (Å²) in [4.78, 5) is 13.9. The Morgan fingerprint density at radius 2 is 2.33 bits per heavy atom. The van der Waals surface area contributed by atoms with Gasteiger partial charge in [-0.05, 0) is 13.8 Å². The van der Waals surface area contributed by atoms with Crippen molar-refractivity contribution in [2.45, 2.75) is 20.4 Å². The lowest BCUT2D eigenvalue weighted by molar-refractivity contribution is 0.0731. The molecule has 6 nitrogen and oxygen atoms in total. The first kappa shape index (κ1) is 14.2. The van der Waals surface area contributed by atoms with Crippen molar-refractivity contribution in [3.63, 3.8) is 0 Å². The molecular formula is C12H20N4O2. The molecule has 3 N–H and O–H groups in total. The van der Waals surface area contributed by atoms with E-state index < -0.39 is 0 Å². The Kier molecular flexibility index (Phi) is 4.91. The van der Waals surface area contributed by atoms with Crippen molar-refractivity contribution in [1.82, 2.24) is 14.7 Å². The highest BCUT2D eigenvalue weighted by Crippen LogP contribution is 2.18. The summed E-state index contributed by atoms with van der Waals surface area (Å²) in [6.45, 7) is 8.35. The molecule has 1 amide bonds. The van der Waals surface area contributed by atoms with Gasteiger partial charge in [-0.2, -0.15) is 5.10 Å². The molecule has 1 aromatic rings. The summed E-state index contributed by atoms with van der Waals surface area (Å²) in [5, 5.41) is 13.2. The van der Waals surface area contributed by atoms with Crippen molar-refractivity contribution >= 4 is 11.6 Å². The normalized spacial score (nSPS) is 10.4. The molecule has 18 heavy (non-hydrogen) atoms. The summed E-state index contributed by atoms with van der Waals surface area (Å²) in [5.41, 5.74) is 7.31. The van der Waals surface area contributed by atoms with Gasteiger partial charge in [0, 0.05) is 19.6 Å². The van der Waals surface area contributed by atoms with Gasteiger partial charge in [0.1, 0.15) is 5.69 Å². The minimum Gasteiger partial charge on any atom is -0.395 e. The van der Waals surface area contributed by atoms with Gasteiger partial charge in [0.15, 0.2) is 0 Å². The highest BCUT2D eigenvalue weighted by molar-refractivity contribution is 5.98. The molecular weight excluding hydrogens is 232 g/mol. The Labute approximate surface area is 107 Å². The van der Waals surface area contributed by atoms with Gasteiger partial charge in [-0.1, -0.05) is 6.08 Å². The van der Waals surface area contributed by atoms with Crippen LogP contribution in [0.5, 0.6) is 0 Å². The molecule has 0 saturated heterocycles. The third-order valence-corrected chi connectivity index (χ3v) is 2.68. The second kappa shape index (κ2) is 6.20. The number of carbonyl (C=O) groups is 1. The van der Waals surface area contributed by atoms with E-state index in [0.29, 0.717) is 30.2 Å². The fourth-order valence-corrected chi connectivity index (χ4v) is 1.75. The molecule has 0 fully saturated rings. The van der Waals surface area contributed by atoms with Gasteiger partial charge >= 0.3 is 0 Å². The van der Waals surface area contributed by atoms with Gasteiger partial charge in [-0.3, -0.25) is 9.48 Å². The third-order valence-electron chi connectivity index (χ3n) is 2.68. The summed E-state index contributed by atoms with van der Waals surface area (Å²) in [5.74, 6) is -0.232. The molecule has 0 radical (unpaired) electrons. The van der Waals surface area contributed by atoms with Crippen LogP contribution in [0.25, 0.3) is 0 Å². The van der Waals surface area contributed by atoms with E-state index in [-0.39, 0.29) is 19.1 Å². The molecule has 6 heteroatoms. The number of hydrogen-bond acceptors (Lipinski definition) is 4. The first-order valence-corrected chi connectivity index (χ1v) is 5.90. The molecule has 1 aromatic heterocycles. The van der Waals surface area contributed by atoms with Crippen LogP contribution in [0.4, 0.5) is 5.69 Å². The lowest BCUT2D eigenvalue weighted by atomic mass is 10.2. The Balaban J connectivity index is 3.10. The zero-order valence-electron chi connectivity index (χ0n) is 10.9. The van der Waals surface area contributed by atoms with Crippen LogP contribution in [0.2, 0.25) is 0 Å². The second-order valence-electron chi connectivity index (χ2n) is 3.93. The average molecular weight is 252 g/mol. The summed E-state index contributed by atoms with van der Waals surface area (Å²) < 4.78 is 1.58. The third kappa shape index (κ3) is 2.70. The van der Waals surface area contributed by atoms with Crippen molar-refractivity contribution in [2.75, 3.05) is 25.4 Å². The monoisotopic (exact) mass is 252 g/mol. The molecule has 0 atom stereocenters. The van der Waals surface area contributed by atoms with Crippen LogP contribution in [-0.4, -0.2) is 45.4 Å². The summed E-state index contributed by atoms with van der Waals surface area (Å²) >= 11 is 0. The van der Waals surface area contributed by atoms with E-state index in [1.165, 1.54) is 4.90 Å². The lowest BCUT2D eigenvalue weighted by Gasteiger charge is -2.20. The van der Waals surface area contributed by atoms with Crippen molar-refractivity contribution < 1.29 is 9.90 Å². The van der Waals surface area contributed by atoms with Gasteiger partial charge in [0.25, 0.3) is 5.91 Å². The zero-order chi connectivity index (χ0) is 13.7. The maximum Gasteiger partial charge on any atom is 0.274 e. The molecule has 0 bridgehead atoms. The van der Waals surface area contributed by atoms with Crippen LogP contribution in [0.1, 0.15) is 23.1 Å². The highest BCUT2D eigenvalue weighted by Gasteiger charge is 2.23. The van der Waals surface area contributed by atoms with Gasteiger partial charge in [-0.25, -0.2) is 0 Å². The maximum absolute atomic E-state index is 12.4. The Morgan fingerprint density at radius 1 is 1.67 bits per heavy atom. The number of aryl methyl sites for hydroxylation is 2. The predicted octanol–water partition coefficient (Wildman–Crippen LogP) is 0.414. The van der Waals surface area contributed by atoms with E-state index in [1.807, 2.05) is 6.92 Å². The minimum atomic E-state index is -0.232. The van der Waals surface area contributed by atoms with Crippen LogP contribution in [-0.2, 0) is 6.54 Å². The number of anilines is 1. The van der Waals surface area contributed by atoms with E-state index in [1.54, 1.807) is 17.7 Å². The molecule has 1 heterocycles. The topological polar surface area (TPSA) is 84.4 Å². The van der Waals surface area contributed by atoms with Crippen molar-refractivity contribution in [3.8, 4) is 0 Å². The van der Waals surface area contributed by atoms with Gasteiger partial charge in [0.05, 0.1) is 18.0 Å². The molecule has 0 aliphatic heterocycles. The first-order valence-electron chi connectivity index (χ1n) is 5.90. The molecule has 100 valence electrons. The van der Waals surface area contributed by atoms with Gasteiger partial charge < -0.3 is 15.7 Å². The Morgan fingerprint density at radius 3 is 2.83 bits per heavy atom. The molecule has 0 spiro atoms. The number of nitrogen functional groups attached to an aromatic ring is 1. The fraction of sp³-hybridized carbons (Fsp3) is 0.500. The minimum absolute atomic E-state index is 0.0985.